The van der Waals surface area contributed by atoms with Gasteiger partial charge in [0.2, 0.25) is 15.9 Å². The molecule has 29 heavy (non-hydrogen) atoms. The minimum atomic E-state index is -3.44. The van der Waals surface area contributed by atoms with Crippen LogP contribution in [0.2, 0.25) is 0 Å². The topological polar surface area (TPSA) is 128 Å². The Balaban J connectivity index is 1.52. The molecule has 0 spiro atoms. The lowest BCUT2D eigenvalue weighted by molar-refractivity contribution is -0.117. The third kappa shape index (κ3) is 4.66. The molecule has 152 valence electrons. The molecule has 8 nitrogen and oxygen atoms in total. The normalized spacial score (nSPS) is 19.6. The van der Waals surface area contributed by atoms with Gasteiger partial charge in [-0.2, -0.15) is 5.26 Å². The molecule has 0 bridgehead atoms. The second-order valence-corrected chi connectivity index (χ2v) is 9.48. The Kier molecular flexibility index (Phi) is 5.39. The first kappa shape index (κ1) is 19.6. The van der Waals surface area contributed by atoms with Crippen molar-refractivity contribution in [1.82, 2.24) is 14.7 Å². The lowest BCUT2D eigenvalue weighted by Gasteiger charge is -2.23. The van der Waals surface area contributed by atoms with Gasteiger partial charge in [0, 0.05) is 23.5 Å². The van der Waals surface area contributed by atoms with E-state index in [2.05, 4.69) is 26.1 Å². The predicted molar refractivity (Wildman–Crippen MR) is 110 cm³/mol. The highest BCUT2D eigenvalue weighted by molar-refractivity contribution is 7.89. The van der Waals surface area contributed by atoms with Gasteiger partial charge in [0.25, 0.3) is 0 Å². The number of hydrogen-bond acceptors (Lipinski definition) is 5. The molecule has 0 aliphatic heterocycles. The summed E-state index contributed by atoms with van der Waals surface area (Å²) >= 11 is 0. The molecule has 2 aromatic rings. The van der Waals surface area contributed by atoms with E-state index in [1.807, 2.05) is 24.4 Å². The van der Waals surface area contributed by atoms with E-state index in [1.165, 1.54) is 0 Å². The first-order valence-electron chi connectivity index (χ1n) is 9.80. The van der Waals surface area contributed by atoms with Crippen LogP contribution in [-0.4, -0.2) is 36.1 Å². The van der Waals surface area contributed by atoms with Crippen LogP contribution >= 0.6 is 0 Å². The van der Waals surface area contributed by atoms with E-state index in [-0.39, 0.29) is 30.0 Å². The van der Waals surface area contributed by atoms with E-state index in [0.717, 1.165) is 29.4 Å². The molecule has 4 rings (SSSR count). The van der Waals surface area contributed by atoms with Crippen molar-refractivity contribution in [2.24, 2.45) is 5.92 Å². The van der Waals surface area contributed by atoms with Gasteiger partial charge in [-0.05, 0) is 55.4 Å². The van der Waals surface area contributed by atoms with E-state index >= 15 is 0 Å². The number of nitriles is 1. The molecular weight excluding hydrogens is 390 g/mol. The molecule has 0 aromatic carbocycles. The highest BCUT2D eigenvalue weighted by Crippen LogP contribution is 2.34. The number of carbonyl (C=O) groups excluding carboxylic acids is 1. The van der Waals surface area contributed by atoms with Crippen molar-refractivity contribution >= 4 is 38.4 Å². The maximum Gasteiger partial charge on any atom is 0.228 e. The summed E-state index contributed by atoms with van der Waals surface area (Å²) in [7, 11) is -3.44. The van der Waals surface area contributed by atoms with Crippen LogP contribution in [-0.2, 0) is 14.8 Å². The van der Waals surface area contributed by atoms with Crippen LogP contribution < -0.4 is 10.0 Å². The third-order valence-corrected chi connectivity index (χ3v) is 6.75. The van der Waals surface area contributed by atoms with E-state index in [0.29, 0.717) is 30.7 Å². The maximum atomic E-state index is 12.1. The van der Waals surface area contributed by atoms with Crippen molar-refractivity contribution in [2.75, 3.05) is 11.1 Å². The average Bonchev–Trinajstić information content (AvgIpc) is 3.44. The molecule has 3 N–H and O–H groups in total. The molecule has 1 fully saturated rings. The van der Waals surface area contributed by atoms with Crippen LogP contribution in [0.3, 0.4) is 0 Å². The van der Waals surface area contributed by atoms with Crippen LogP contribution in [0.25, 0.3) is 16.6 Å². The second-order valence-electron chi connectivity index (χ2n) is 7.60. The zero-order valence-electron chi connectivity index (χ0n) is 15.9. The number of amides is 1. The summed E-state index contributed by atoms with van der Waals surface area (Å²) < 4.78 is 26.7. The highest BCUT2D eigenvalue weighted by atomic mass is 32.2. The summed E-state index contributed by atoms with van der Waals surface area (Å²) in [5, 5.41) is 12.5. The van der Waals surface area contributed by atoms with Gasteiger partial charge in [0.05, 0.1) is 18.2 Å². The molecule has 1 amide bonds. The van der Waals surface area contributed by atoms with Gasteiger partial charge in [-0.25, -0.2) is 18.1 Å². The van der Waals surface area contributed by atoms with E-state index in [9.17, 15) is 13.2 Å². The van der Waals surface area contributed by atoms with Crippen LogP contribution in [0, 0.1) is 17.2 Å². The van der Waals surface area contributed by atoms with Crippen molar-refractivity contribution < 1.29 is 13.2 Å². The number of nitrogens with one attached hydrogen (secondary N) is 3. The van der Waals surface area contributed by atoms with Crippen LogP contribution in [0.5, 0.6) is 0 Å². The summed E-state index contributed by atoms with van der Waals surface area (Å²) in [5.74, 6) is 0.476. The lowest BCUT2D eigenvalue weighted by Crippen LogP contribution is -2.37. The Hall–Kier alpha value is -2.70. The van der Waals surface area contributed by atoms with Gasteiger partial charge >= 0.3 is 0 Å². The number of pyridine rings is 1. The van der Waals surface area contributed by atoms with Crippen molar-refractivity contribution in [3.63, 3.8) is 0 Å². The van der Waals surface area contributed by atoms with Gasteiger partial charge in [0.1, 0.15) is 11.5 Å². The Bertz CT molecular complexity index is 1110. The fourth-order valence-corrected chi connectivity index (χ4v) is 4.82. The minimum absolute atomic E-state index is 0.0128. The molecule has 1 saturated carbocycles. The number of aromatic nitrogens is 2. The van der Waals surface area contributed by atoms with Crippen LogP contribution in [0.4, 0.5) is 5.82 Å². The SMILES string of the molecule is N#CCCS(=O)(=O)NC1CC=C(c2cc(NC(=O)C3CC3)nc3[nH]ccc23)CC1. The lowest BCUT2D eigenvalue weighted by atomic mass is 9.90. The van der Waals surface area contributed by atoms with Crippen molar-refractivity contribution in [3.05, 3.63) is 30.0 Å². The van der Waals surface area contributed by atoms with Crippen LogP contribution in [0.15, 0.2) is 24.4 Å². The molecule has 2 heterocycles. The smallest absolute Gasteiger partial charge is 0.228 e. The van der Waals surface area contributed by atoms with E-state index < -0.39 is 10.0 Å². The summed E-state index contributed by atoms with van der Waals surface area (Å²) in [6, 6.07) is 5.56. The molecule has 2 aliphatic rings. The Labute approximate surface area is 169 Å². The second kappa shape index (κ2) is 7.97. The monoisotopic (exact) mass is 413 g/mol. The zero-order chi connectivity index (χ0) is 20.4. The molecule has 0 saturated heterocycles. The molecule has 9 heteroatoms. The first-order chi connectivity index (χ1) is 13.9. The minimum Gasteiger partial charge on any atom is -0.346 e. The van der Waals surface area contributed by atoms with Crippen molar-refractivity contribution in [2.45, 2.75) is 44.6 Å². The largest absolute Gasteiger partial charge is 0.346 e. The fourth-order valence-electron chi connectivity index (χ4n) is 3.62. The maximum absolute atomic E-state index is 12.1. The number of hydrogen-bond donors (Lipinski definition) is 3. The number of anilines is 1. The number of rotatable bonds is 7. The summed E-state index contributed by atoms with van der Waals surface area (Å²) in [6.07, 6.45) is 7.69. The Morgan fingerprint density at radius 2 is 2.17 bits per heavy atom. The third-order valence-electron chi connectivity index (χ3n) is 5.31. The number of H-pyrrole nitrogens is 1. The van der Waals surface area contributed by atoms with Gasteiger partial charge < -0.3 is 10.3 Å². The van der Waals surface area contributed by atoms with Crippen molar-refractivity contribution in [1.29, 1.82) is 5.26 Å². The Morgan fingerprint density at radius 1 is 1.34 bits per heavy atom. The summed E-state index contributed by atoms with van der Waals surface area (Å²) in [5.41, 5.74) is 2.84. The van der Waals surface area contributed by atoms with Gasteiger partial charge in [0.15, 0.2) is 0 Å². The molecule has 1 atom stereocenters. The molecule has 0 radical (unpaired) electrons. The number of fused-ring (bicyclic) bond motifs is 1. The van der Waals surface area contributed by atoms with Crippen LogP contribution in [0.1, 0.15) is 44.1 Å². The highest BCUT2D eigenvalue weighted by Gasteiger charge is 2.30. The van der Waals surface area contributed by atoms with Gasteiger partial charge in [-0.15, -0.1) is 0 Å². The zero-order valence-corrected chi connectivity index (χ0v) is 16.8. The summed E-state index contributed by atoms with van der Waals surface area (Å²) in [4.78, 5) is 19.7. The number of sulfonamides is 1. The molecular formula is C20H23N5O3S. The Morgan fingerprint density at radius 3 is 2.86 bits per heavy atom. The number of nitrogens with zero attached hydrogens (tertiary/aromatic N) is 2. The number of carbonyl (C=O) groups is 1. The summed E-state index contributed by atoms with van der Waals surface area (Å²) in [6.45, 7) is 0. The molecule has 2 aliphatic carbocycles. The van der Waals surface area contributed by atoms with Gasteiger partial charge in [-0.1, -0.05) is 6.08 Å². The predicted octanol–water partition coefficient (Wildman–Crippen LogP) is 2.68. The fraction of sp³-hybridized carbons (Fsp3) is 0.450. The van der Waals surface area contributed by atoms with E-state index in [1.54, 1.807) is 0 Å². The quantitative estimate of drug-likeness (QED) is 0.643. The van der Waals surface area contributed by atoms with Crippen molar-refractivity contribution in [3.8, 4) is 6.07 Å². The van der Waals surface area contributed by atoms with Gasteiger partial charge in [-0.3, -0.25) is 4.79 Å². The molecule has 1 unspecified atom stereocenters. The standard InChI is InChI=1S/C20H23N5O3S/c21-9-1-11-29(27,28)25-15-6-4-13(5-7-15)17-12-18(24-20(26)14-2-3-14)23-19-16(17)8-10-22-19/h4,8,10,12,14-15,25H,1-3,5-7,11H2,(H2,22,23,24,26). The molecule has 2 aromatic heterocycles. The number of aromatic amines is 1. The number of allylic oxidation sites excluding steroid dienone is 1. The first-order valence-corrected chi connectivity index (χ1v) is 11.5. The average molecular weight is 414 g/mol. The van der Waals surface area contributed by atoms with E-state index in [4.69, 9.17) is 5.26 Å².